The third kappa shape index (κ3) is 3.07. The number of halogens is 2. The Kier molecular flexibility index (Phi) is 4.32. The number of rotatable bonds is 4. The van der Waals surface area contributed by atoms with Gasteiger partial charge in [0, 0.05) is 17.0 Å². The number of hydrogen-bond acceptors (Lipinski definition) is 3. The molecule has 0 radical (unpaired) electrons. The van der Waals surface area contributed by atoms with E-state index in [0.29, 0.717) is 5.25 Å². The molecule has 1 aliphatic carbocycles. The highest BCUT2D eigenvalue weighted by atomic mass is 32.2. The second kappa shape index (κ2) is 5.78. The molecule has 2 atom stereocenters. The SMILES string of the molecule is CCSC1CCC(Nc2c(F)cc(N)cc2F)C1. The van der Waals surface area contributed by atoms with Crippen molar-refractivity contribution in [2.24, 2.45) is 0 Å². The second-order valence-corrected chi connectivity index (χ2v) is 6.17. The molecule has 0 bridgehead atoms. The van der Waals surface area contributed by atoms with Crippen LogP contribution < -0.4 is 11.1 Å². The topological polar surface area (TPSA) is 38.0 Å². The van der Waals surface area contributed by atoms with Gasteiger partial charge >= 0.3 is 0 Å². The minimum atomic E-state index is -0.612. The third-order valence-electron chi connectivity index (χ3n) is 3.20. The molecule has 0 spiro atoms. The van der Waals surface area contributed by atoms with Gasteiger partial charge in [0.05, 0.1) is 0 Å². The Hall–Kier alpha value is -0.970. The predicted octanol–water partition coefficient (Wildman–Crippen LogP) is 3.63. The molecular weight excluding hydrogens is 254 g/mol. The van der Waals surface area contributed by atoms with Crippen molar-refractivity contribution in [3.8, 4) is 0 Å². The van der Waals surface area contributed by atoms with Crippen LogP contribution in [0.3, 0.4) is 0 Å². The first kappa shape index (κ1) is 13.5. The van der Waals surface area contributed by atoms with Crippen LogP contribution in [0.1, 0.15) is 26.2 Å². The number of benzene rings is 1. The van der Waals surface area contributed by atoms with Crippen molar-refractivity contribution >= 4 is 23.1 Å². The van der Waals surface area contributed by atoms with Crippen LogP contribution >= 0.6 is 11.8 Å². The van der Waals surface area contributed by atoms with Gasteiger partial charge in [-0.05, 0) is 37.1 Å². The van der Waals surface area contributed by atoms with E-state index in [9.17, 15) is 8.78 Å². The van der Waals surface area contributed by atoms with E-state index in [1.54, 1.807) is 0 Å². The van der Waals surface area contributed by atoms with E-state index in [1.165, 1.54) is 0 Å². The van der Waals surface area contributed by atoms with Crippen molar-refractivity contribution in [3.63, 3.8) is 0 Å². The van der Waals surface area contributed by atoms with E-state index in [-0.39, 0.29) is 17.4 Å². The van der Waals surface area contributed by atoms with Crippen LogP contribution in [0.4, 0.5) is 20.2 Å². The average Bonchev–Trinajstić information content (AvgIpc) is 2.72. The third-order valence-corrected chi connectivity index (χ3v) is 4.43. The summed E-state index contributed by atoms with van der Waals surface area (Å²) in [5.74, 6) is -0.139. The normalized spacial score (nSPS) is 23.3. The Morgan fingerprint density at radius 2 is 2.00 bits per heavy atom. The summed E-state index contributed by atoms with van der Waals surface area (Å²) in [5, 5.41) is 3.58. The van der Waals surface area contributed by atoms with Gasteiger partial charge in [0.1, 0.15) is 5.69 Å². The zero-order chi connectivity index (χ0) is 13.1. The monoisotopic (exact) mass is 272 g/mol. The second-order valence-electron chi connectivity index (χ2n) is 4.59. The molecule has 0 aliphatic heterocycles. The molecular formula is C13H18F2N2S. The van der Waals surface area contributed by atoms with Crippen molar-refractivity contribution in [3.05, 3.63) is 23.8 Å². The fraction of sp³-hybridized carbons (Fsp3) is 0.538. The van der Waals surface area contributed by atoms with Gasteiger partial charge in [-0.2, -0.15) is 11.8 Å². The molecule has 3 N–H and O–H groups in total. The summed E-state index contributed by atoms with van der Waals surface area (Å²) in [4.78, 5) is 0. The van der Waals surface area contributed by atoms with Crippen molar-refractivity contribution in [1.29, 1.82) is 0 Å². The Labute approximate surface area is 110 Å². The molecule has 2 unspecified atom stereocenters. The number of nitrogens with one attached hydrogen (secondary N) is 1. The molecule has 1 saturated carbocycles. The quantitative estimate of drug-likeness (QED) is 0.822. The zero-order valence-electron chi connectivity index (χ0n) is 10.4. The summed E-state index contributed by atoms with van der Waals surface area (Å²) in [6.07, 6.45) is 3.02. The molecule has 0 saturated heterocycles. The summed E-state index contributed by atoms with van der Waals surface area (Å²) in [7, 11) is 0. The van der Waals surface area contributed by atoms with Gasteiger partial charge in [0.15, 0.2) is 11.6 Å². The maximum atomic E-state index is 13.6. The molecule has 2 nitrogen and oxygen atoms in total. The van der Waals surface area contributed by atoms with Crippen molar-refractivity contribution in [1.82, 2.24) is 0 Å². The maximum absolute atomic E-state index is 13.6. The van der Waals surface area contributed by atoms with Crippen LogP contribution in [0.25, 0.3) is 0 Å². The highest BCUT2D eigenvalue weighted by molar-refractivity contribution is 7.99. The smallest absolute Gasteiger partial charge is 0.151 e. The number of hydrogen-bond donors (Lipinski definition) is 2. The lowest BCUT2D eigenvalue weighted by atomic mass is 10.2. The van der Waals surface area contributed by atoms with Crippen molar-refractivity contribution < 1.29 is 8.78 Å². The summed E-state index contributed by atoms with van der Waals surface area (Å²) in [6.45, 7) is 2.13. The number of thioether (sulfide) groups is 1. The van der Waals surface area contributed by atoms with Gasteiger partial charge in [-0.15, -0.1) is 0 Å². The molecule has 1 aromatic rings. The van der Waals surface area contributed by atoms with E-state index in [4.69, 9.17) is 5.73 Å². The lowest BCUT2D eigenvalue weighted by Gasteiger charge is -2.16. The average molecular weight is 272 g/mol. The van der Waals surface area contributed by atoms with E-state index in [0.717, 1.165) is 37.1 Å². The van der Waals surface area contributed by atoms with Gasteiger partial charge in [-0.1, -0.05) is 6.92 Å². The number of nitrogens with two attached hydrogens (primary N) is 1. The van der Waals surface area contributed by atoms with Gasteiger partial charge < -0.3 is 11.1 Å². The van der Waals surface area contributed by atoms with Gasteiger partial charge in [0.25, 0.3) is 0 Å². The van der Waals surface area contributed by atoms with E-state index in [1.807, 2.05) is 11.8 Å². The molecule has 5 heteroatoms. The van der Waals surface area contributed by atoms with Gasteiger partial charge in [0.2, 0.25) is 0 Å². The van der Waals surface area contributed by atoms with Gasteiger partial charge in [-0.3, -0.25) is 0 Å². The molecule has 2 rings (SSSR count). The maximum Gasteiger partial charge on any atom is 0.151 e. The lowest BCUT2D eigenvalue weighted by Crippen LogP contribution is -2.18. The molecule has 1 aromatic carbocycles. The summed E-state index contributed by atoms with van der Waals surface area (Å²) in [5.41, 5.74) is 5.45. The van der Waals surface area contributed by atoms with Crippen LogP contribution in [0.2, 0.25) is 0 Å². The van der Waals surface area contributed by atoms with Crippen LogP contribution in [-0.2, 0) is 0 Å². The fourth-order valence-electron chi connectivity index (χ4n) is 2.39. The summed E-state index contributed by atoms with van der Waals surface area (Å²) < 4.78 is 27.2. The Morgan fingerprint density at radius 3 is 2.61 bits per heavy atom. The van der Waals surface area contributed by atoms with E-state index in [2.05, 4.69) is 12.2 Å². The summed E-state index contributed by atoms with van der Waals surface area (Å²) >= 11 is 1.92. The molecule has 18 heavy (non-hydrogen) atoms. The lowest BCUT2D eigenvalue weighted by molar-refractivity contribution is 0.582. The minimum Gasteiger partial charge on any atom is -0.399 e. The van der Waals surface area contributed by atoms with E-state index >= 15 is 0 Å². The molecule has 0 aromatic heterocycles. The highest BCUT2D eigenvalue weighted by Crippen LogP contribution is 2.33. The Morgan fingerprint density at radius 1 is 1.33 bits per heavy atom. The summed E-state index contributed by atoms with van der Waals surface area (Å²) in [6, 6.07) is 2.46. The molecule has 0 amide bonds. The highest BCUT2D eigenvalue weighted by Gasteiger charge is 2.26. The Bertz CT molecular complexity index is 402. The first-order valence-corrected chi connectivity index (χ1v) is 7.27. The van der Waals surface area contributed by atoms with Gasteiger partial charge in [-0.25, -0.2) is 8.78 Å². The Balaban J connectivity index is 2.02. The first-order valence-electron chi connectivity index (χ1n) is 6.22. The first-order chi connectivity index (χ1) is 8.60. The number of nitrogen functional groups attached to an aromatic ring is 1. The minimum absolute atomic E-state index is 0.0450. The van der Waals surface area contributed by atoms with Crippen LogP contribution in [-0.4, -0.2) is 17.0 Å². The molecule has 1 aliphatic rings. The molecule has 100 valence electrons. The molecule has 0 heterocycles. The van der Waals surface area contributed by atoms with Crippen LogP contribution in [0.5, 0.6) is 0 Å². The zero-order valence-corrected chi connectivity index (χ0v) is 11.2. The largest absolute Gasteiger partial charge is 0.399 e. The predicted molar refractivity (Wildman–Crippen MR) is 74.0 cm³/mol. The van der Waals surface area contributed by atoms with Crippen molar-refractivity contribution in [2.75, 3.05) is 16.8 Å². The van der Waals surface area contributed by atoms with E-state index < -0.39 is 11.6 Å². The standard InChI is InChI=1S/C13H18F2N2S/c1-2-18-10-4-3-9(7-10)17-13-11(14)5-8(16)6-12(13)15/h5-6,9-10,17H,2-4,7,16H2,1H3. The van der Waals surface area contributed by atoms with Crippen molar-refractivity contribution in [2.45, 2.75) is 37.5 Å². The van der Waals surface area contributed by atoms with Crippen LogP contribution in [0.15, 0.2) is 12.1 Å². The number of anilines is 2. The fourth-order valence-corrected chi connectivity index (χ4v) is 3.54. The van der Waals surface area contributed by atoms with Crippen LogP contribution in [0, 0.1) is 11.6 Å². The molecule has 1 fully saturated rings.